The lowest BCUT2D eigenvalue weighted by molar-refractivity contribution is -0.123. The summed E-state index contributed by atoms with van der Waals surface area (Å²) < 4.78 is 28.2. The molecule has 2 aromatic carbocycles. The summed E-state index contributed by atoms with van der Waals surface area (Å²) in [4.78, 5) is 24.0. The molecule has 2 rings (SSSR count). The maximum atomic E-state index is 12.1. The van der Waals surface area contributed by atoms with E-state index in [0.717, 1.165) is 0 Å². The summed E-state index contributed by atoms with van der Waals surface area (Å²) in [6, 6.07) is 11.9. The molecule has 0 unspecified atom stereocenters. The predicted octanol–water partition coefficient (Wildman–Crippen LogP) is 2.28. The molecule has 0 saturated heterocycles. The number of benzene rings is 2. The second kappa shape index (κ2) is 7.77. The van der Waals surface area contributed by atoms with E-state index < -0.39 is 28.0 Å². The number of ether oxygens (including phenoxy) is 1. The zero-order valence-corrected chi connectivity index (χ0v) is 15.5. The van der Waals surface area contributed by atoms with Crippen molar-refractivity contribution in [1.29, 1.82) is 0 Å². The van der Waals surface area contributed by atoms with Crippen LogP contribution in [-0.2, 0) is 19.6 Å². The Kier molecular flexibility index (Phi) is 5.93. The zero-order valence-electron chi connectivity index (χ0n) is 13.1. The van der Waals surface area contributed by atoms with Gasteiger partial charge in [-0.3, -0.25) is 4.79 Å². The van der Waals surface area contributed by atoms with Crippen LogP contribution in [0, 0.1) is 0 Å². The van der Waals surface area contributed by atoms with Crippen molar-refractivity contribution in [2.45, 2.75) is 17.9 Å². The first-order chi connectivity index (χ1) is 11.7. The highest BCUT2D eigenvalue weighted by atomic mass is 79.9. The molecule has 25 heavy (non-hydrogen) atoms. The smallest absolute Gasteiger partial charge is 0.338 e. The van der Waals surface area contributed by atoms with Crippen molar-refractivity contribution < 1.29 is 22.7 Å². The molecule has 0 aliphatic heterocycles. The third-order valence-corrected chi connectivity index (χ3v) is 4.59. The van der Waals surface area contributed by atoms with Crippen LogP contribution < -0.4 is 10.5 Å². The first-order valence-corrected chi connectivity index (χ1v) is 9.41. The third-order valence-electron chi connectivity index (χ3n) is 3.16. The minimum Gasteiger partial charge on any atom is -0.449 e. The van der Waals surface area contributed by atoms with Gasteiger partial charge in [-0.25, -0.2) is 18.4 Å². The van der Waals surface area contributed by atoms with Crippen molar-refractivity contribution in [2.24, 2.45) is 5.14 Å². The molecule has 3 N–H and O–H groups in total. The van der Waals surface area contributed by atoms with Crippen LogP contribution in [0.2, 0.25) is 0 Å². The number of sulfonamides is 1. The van der Waals surface area contributed by atoms with Crippen LogP contribution in [0.5, 0.6) is 0 Å². The summed E-state index contributed by atoms with van der Waals surface area (Å²) in [6.45, 7) is 1.43. The number of amides is 1. The lowest BCUT2D eigenvalue weighted by atomic mass is 10.2. The fourth-order valence-electron chi connectivity index (χ4n) is 1.87. The molecule has 1 atom stereocenters. The monoisotopic (exact) mass is 426 g/mol. The summed E-state index contributed by atoms with van der Waals surface area (Å²) in [5.74, 6) is -1.18. The number of hydrogen-bond acceptors (Lipinski definition) is 5. The van der Waals surface area contributed by atoms with E-state index in [9.17, 15) is 18.0 Å². The Bertz CT molecular complexity index is 897. The average Bonchev–Trinajstić information content (AvgIpc) is 2.54. The topological polar surface area (TPSA) is 116 Å². The van der Waals surface area contributed by atoms with E-state index >= 15 is 0 Å². The minimum absolute atomic E-state index is 0.0698. The summed E-state index contributed by atoms with van der Waals surface area (Å²) in [6.07, 6.45) is -1.04. The number of rotatable bonds is 5. The van der Waals surface area contributed by atoms with Gasteiger partial charge in [-0.15, -0.1) is 0 Å². The van der Waals surface area contributed by atoms with Crippen molar-refractivity contribution in [1.82, 2.24) is 0 Å². The van der Waals surface area contributed by atoms with Gasteiger partial charge < -0.3 is 10.1 Å². The second-order valence-corrected chi connectivity index (χ2v) is 7.59. The van der Waals surface area contributed by atoms with Gasteiger partial charge in [0.1, 0.15) is 0 Å². The van der Waals surface area contributed by atoms with Crippen molar-refractivity contribution in [3.05, 3.63) is 58.6 Å². The predicted molar refractivity (Wildman–Crippen MR) is 95.5 cm³/mol. The quantitative estimate of drug-likeness (QED) is 0.711. The number of carbonyl (C=O) groups excluding carboxylic acids is 2. The van der Waals surface area contributed by atoms with Gasteiger partial charge in [0, 0.05) is 10.2 Å². The van der Waals surface area contributed by atoms with E-state index in [0.29, 0.717) is 15.7 Å². The van der Waals surface area contributed by atoms with Gasteiger partial charge in [-0.2, -0.15) is 0 Å². The van der Waals surface area contributed by atoms with Gasteiger partial charge in [0.2, 0.25) is 10.0 Å². The van der Waals surface area contributed by atoms with E-state index in [2.05, 4.69) is 21.2 Å². The Morgan fingerprint density at radius 1 is 1.16 bits per heavy atom. The van der Waals surface area contributed by atoms with Crippen LogP contribution in [0.15, 0.2) is 57.9 Å². The average molecular weight is 427 g/mol. The highest BCUT2D eigenvalue weighted by molar-refractivity contribution is 9.10. The molecular formula is C16H15BrN2O5S. The third kappa shape index (κ3) is 5.38. The van der Waals surface area contributed by atoms with Gasteiger partial charge in [-0.1, -0.05) is 22.0 Å². The molecule has 2 aromatic rings. The molecule has 132 valence electrons. The zero-order chi connectivity index (χ0) is 18.6. The molecule has 0 aromatic heterocycles. The number of nitrogens with two attached hydrogens (primary N) is 1. The number of primary sulfonamides is 1. The fraction of sp³-hybridized carbons (Fsp3) is 0.125. The number of halogens is 1. The largest absolute Gasteiger partial charge is 0.449 e. The molecule has 0 heterocycles. The van der Waals surface area contributed by atoms with Crippen molar-refractivity contribution in [3.8, 4) is 0 Å². The van der Waals surface area contributed by atoms with Crippen LogP contribution in [0.25, 0.3) is 0 Å². The molecule has 0 radical (unpaired) electrons. The molecule has 0 spiro atoms. The lowest BCUT2D eigenvalue weighted by Crippen LogP contribution is -2.30. The highest BCUT2D eigenvalue weighted by Gasteiger charge is 2.19. The molecule has 0 fully saturated rings. The number of nitrogens with one attached hydrogen (secondary N) is 1. The van der Waals surface area contributed by atoms with Crippen LogP contribution in [-0.4, -0.2) is 26.4 Å². The molecule has 1 amide bonds. The first kappa shape index (κ1) is 19.1. The van der Waals surface area contributed by atoms with E-state index in [4.69, 9.17) is 9.88 Å². The Labute approximate surface area is 153 Å². The van der Waals surface area contributed by atoms with Gasteiger partial charge in [0.05, 0.1) is 10.5 Å². The maximum absolute atomic E-state index is 12.1. The lowest BCUT2D eigenvalue weighted by Gasteiger charge is -2.14. The molecule has 9 heteroatoms. The van der Waals surface area contributed by atoms with Gasteiger partial charge >= 0.3 is 5.97 Å². The molecule has 0 aliphatic carbocycles. The van der Waals surface area contributed by atoms with Crippen molar-refractivity contribution in [2.75, 3.05) is 5.32 Å². The van der Waals surface area contributed by atoms with E-state index in [1.54, 1.807) is 24.3 Å². The number of hydrogen-bond donors (Lipinski definition) is 2. The number of carbonyl (C=O) groups is 2. The van der Waals surface area contributed by atoms with Crippen molar-refractivity contribution >= 4 is 43.5 Å². The van der Waals surface area contributed by atoms with Crippen molar-refractivity contribution in [3.63, 3.8) is 0 Å². The standard InChI is InChI=1S/C16H15BrN2O5S/c1-10(24-16(21)11-3-2-4-12(17)9-11)15(20)19-13-5-7-14(8-6-13)25(18,22)23/h2-10H,1H3,(H,19,20)(H2,18,22,23)/t10-/m1/s1. The molecule has 7 nitrogen and oxygen atoms in total. The second-order valence-electron chi connectivity index (χ2n) is 5.12. The fourth-order valence-corrected chi connectivity index (χ4v) is 2.78. The van der Waals surface area contributed by atoms with E-state index in [1.807, 2.05) is 0 Å². The Morgan fingerprint density at radius 3 is 2.36 bits per heavy atom. The molecular weight excluding hydrogens is 412 g/mol. The first-order valence-electron chi connectivity index (χ1n) is 7.07. The summed E-state index contributed by atoms with van der Waals surface area (Å²) in [7, 11) is -3.80. The van der Waals surface area contributed by atoms with Crippen LogP contribution in [0.3, 0.4) is 0 Å². The van der Waals surface area contributed by atoms with Gasteiger partial charge in [0.15, 0.2) is 6.10 Å². The van der Waals surface area contributed by atoms with Gasteiger partial charge in [0.25, 0.3) is 5.91 Å². The molecule has 0 bridgehead atoms. The molecule has 0 saturated carbocycles. The normalized spacial score (nSPS) is 12.3. The summed E-state index contributed by atoms with van der Waals surface area (Å²) in [5, 5.41) is 7.53. The Balaban J connectivity index is 1.99. The summed E-state index contributed by atoms with van der Waals surface area (Å²) >= 11 is 3.25. The van der Waals surface area contributed by atoms with Crippen LogP contribution >= 0.6 is 15.9 Å². The summed E-state index contributed by atoms with van der Waals surface area (Å²) in [5.41, 5.74) is 0.661. The van der Waals surface area contributed by atoms with E-state index in [-0.39, 0.29) is 4.90 Å². The minimum atomic E-state index is -3.80. The van der Waals surface area contributed by atoms with E-state index in [1.165, 1.54) is 31.2 Å². The Hall–Kier alpha value is -2.23. The SMILES string of the molecule is C[C@@H](OC(=O)c1cccc(Br)c1)C(=O)Nc1ccc(S(N)(=O)=O)cc1. The van der Waals surface area contributed by atoms with Crippen LogP contribution in [0.4, 0.5) is 5.69 Å². The molecule has 0 aliphatic rings. The number of esters is 1. The maximum Gasteiger partial charge on any atom is 0.338 e. The number of anilines is 1. The van der Waals surface area contributed by atoms with Crippen LogP contribution in [0.1, 0.15) is 17.3 Å². The van der Waals surface area contributed by atoms with Gasteiger partial charge in [-0.05, 0) is 49.4 Å². The highest BCUT2D eigenvalue weighted by Crippen LogP contribution is 2.15. The Morgan fingerprint density at radius 2 is 1.80 bits per heavy atom.